The molecule has 0 atom stereocenters. The van der Waals surface area contributed by atoms with Crippen molar-refractivity contribution in [1.82, 2.24) is 10.3 Å². The number of nitrogens with zero attached hydrogens (tertiary/aromatic N) is 2. The lowest BCUT2D eigenvalue weighted by atomic mass is 10.1. The van der Waals surface area contributed by atoms with Crippen molar-refractivity contribution in [3.05, 3.63) is 0 Å². The largest absolute Gasteiger partial charge is 0.382 e. The van der Waals surface area contributed by atoms with Crippen LogP contribution in [0, 0.1) is 5.92 Å². The van der Waals surface area contributed by atoms with Gasteiger partial charge in [0.1, 0.15) is 0 Å². The van der Waals surface area contributed by atoms with Gasteiger partial charge in [0.25, 0.3) is 0 Å². The summed E-state index contributed by atoms with van der Waals surface area (Å²) >= 11 is 0. The summed E-state index contributed by atoms with van der Waals surface area (Å²) < 4.78 is 5.34. The first kappa shape index (κ1) is 17.2. The number of aliphatic imine (C=N–C) groups is 1. The summed E-state index contributed by atoms with van der Waals surface area (Å²) in [5.41, 5.74) is 2.81. The smallest absolute Gasteiger partial charge is 0.208 e. The minimum absolute atomic E-state index is 0.596. The highest BCUT2D eigenvalue weighted by molar-refractivity contribution is 5.79. The van der Waals surface area contributed by atoms with Crippen molar-refractivity contribution in [2.75, 3.05) is 26.3 Å². The fourth-order valence-electron chi connectivity index (χ4n) is 2.73. The van der Waals surface area contributed by atoms with Gasteiger partial charge in [-0.2, -0.15) is 0 Å². The lowest BCUT2D eigenvalue weighted by Crippen LogP contribution is -2.50. The van der Waals surface area contributed by atoms with Gasteiger partial charge in [-0.3, -0.25) is 10.4 Å². The fourth-order valence-corrected chi connectivity index (χ4v) is 2.73. The molecule has 0 unspecified atom stereocenters. The van der Waals surface area contributed by atoms with Crippen LogP contribution in [0.2, 0.25) is 0 Å². The van der Waals surface area contributed by atoms with Crippen LogP contribution in [0.25, 0.3) is 0 Å². The molecule has 1 saturated carbocycles. The highest BCUT2D eigenvalue weighted by Crippen LogP contribution is 2.24. The van der Waals surface area contributed by atoms with Crippen LogP contribution < -0.4 is 11.3 Å². The Hall–Kier alpha value is -0.810. The highest BCUT2D eigenvalue weighted by atomic mass is 16.5. The maximum absolute atomic E-state index is 5.70. The Balaban J connectivity index is 2.56. The molecule has 118 valence electrons. The highest BCUT2D eigenvalue weighted by Gasteiger charge is 2.25. The van der Waals surface area contributed by atoms with Crippen LogP contribution in [0.15, 0.2) is 4.99 Å². The maximum Gasteiger partial charge on any atom is 0.208 e. The number of hydrazine groups is 1. The van der Waals surface area contributed by atoms with E-state index in [0.29, 0.717) is 12.0 Å². The zero-order valence-corrected chi connectivity index (χ0v) is 13.4. The predicted octanol–water partition coefficient (Wildman–Crippen LogP) is 2.13. The van der Waals surface area contributed by atoms with E-state index in [0.717, 1.165) is 38.7 Å². The van der Waals surface area contributed by atoms with Gasteiger partial charge in [-0.05, 0) is 32.1 Å². The van der Waals surface area contributed by atoms with Crippen LogP contribution in [-0.4, -0.2) is 43.2 Å². The van der Waals surface area contributed by atoms with Crippen molar-refractivity contribution < 1.29 is 4.74 Å². The predicted molar refractivity (Wildman–Crippen MR) is 84.5 cm³/mol. The number of rotatable bonds is 8. The van der Waals surface area contributed by atoms with Crippen molar-refractivity contribution in [2.24, 2.45) is 16.8 Å². The number of nitrogens with one attached hydrogen (secondary N) is 1. The second-order valence-electron chi connectivity index (χ2n) is 5.88. The van der Waals surface area contributed by atoms with Gasteiger partial charge in [0.05, 0.1) is 0 Å². The zero-order chi connectivity index (χ0) is 14.8. The molecule has 3 N–H and O–H groups in total. The van der Waals surface area contributed by atoms with E-state index in [4.69, 9.17) is 10.6 Å². The van der Waals surface area contributed by atoms with Crippen LogP contribution in [0.4, 0.5) is 0 Å². The summed E-state index contributed by atoms with van der Waals surface area (Å²) in [5, 5.41) is 0. The molecule has 1 aliphatic carbocycles. The molecule has 0 aromatic rings. The first-order valence-electron chi connectivity index (χ1n) is 8.04. The molecule has 0 saturated heterocycles. The van der Waals surface area contributed by atoms with E-state index < -0.39 is 0 Å². The van der Waals surface area contributed by atoms with Gasteiger partial charge in [-0.15, -0.1) is 0 Å². The quantitative estimate of drug-likeness (QED) is 0.236. The molecular weight excluding hydrogens is 252 g/mol. The number of guanidine groups is 1. The third kappa shape index (κ3) is 6.09. The average Bonchev–Trinajstić information content (AvgIpc) is 2.94. The summed E-state index contributed by atoms with van der Waals surface area (Å²) in [4.78, 5) is 7.01. The number of ether oxygens (including phenoxy) is 1. The monoisotopic (exact) mass is 284 g/mol. The maximum atomic E-state index is 5.70. The van der Waals surface area contributed by atoms with E-state index >= 15 is 0 Å². The Kier molecular flexibility index (Phi) is 8.62. The van der Waals surface area contributed by atoms with Crippen molar-refractivity contribution in [1.29, 1.82) is 0 Å². The summed E-state index contributed by atoms with van der Waals surface area (Å²) in [6.07, 6.45) is 6.10. The minimum atomic E-state index is 0.596. The van der Waals surface area contributed by atoms with E-state index in [9.17, 15) is 0 Å². The number of hydrogen-bond acceptors (Lipinski definition) is 3. The first-order valence-corrected chi connectivity index (χ1v) is 8.04. The summed E-state index contributed by atoms with van der Waals surface area (Å²) in [6, 6.07) is 0.596. The van der Waals surface area contributed by atoms with Gasteiger partial charge in [-0.1, -0.05) is 26.7 Å². The summed E-state index contributed by atoms with van der Waals surface area (Å²) in [6.45, 7) is 9.82. The molecule has 0 aromatic carbocycles. The lowest BCUT2D eigenvalue weighted by molar-refractivity contribution is 0.146. The van der Waals surface area contributed by atoms with Crippen LogP contribution >= 0.6 is 0 Å². The Bertz CT molecular complexity index is 275. The van der Waals surface area contributed by atoms with E-state index in [1.54, 1.807) is 0 Å². The Morgan fingerprint density at radius 3 is 2.65 bits per heavy atom. The van der Waals surface area contributed by atoms with E-state index in [1.807, 2.05) is 6.92 Å². The van der Waals surface area contributed by atoms with Crippen LogP contribution in [0.5, 0.6) is 0 Å². The molecule has 0 aliphatic heterocycles. The second-order valence-corrected chi connectivity index (χ2v) is 5.88. The third-order valence-electron chi connectivity index (χ3n) is 3.64. The average molecular weight is 284 g/mol. The molecule has 5 heteroatoms. The number of nitrogens with two attached hydrogens (primary N) is 1. The molecule has 0 amide bonds. The van der Waals surface area contributed by atoms with Gasteiger partial charge < -0.3 is 9.64 Å². The Labute approximate surface area is 123 Å². The summed E-state index contributed by atoms with van der Waals surface area (Å²) in [5.74, 6) is 7.16. The van der Waals surface area contributed by atoms with Crippen molar-refractivity contribution >= 4 is 5.96 Å². The topological polar surface area (TPSA) is 62.9 Å². The molecule has 5 nitrogen and oxygen atoms in total. The fraction of sp³-hybridized carbons (Fsp3) is 0.933. The van der Waals surface area contributed by atoms with Gasteiger partial charge in [0.2, 0.25) is 5.96 Å². The first-order chi connectivity index (χ1) is 9.69. The molecule has 0 spiro atoms. The van der Waals surface area contributed by atoms with Gasteiger partial charge in [0.15, 0.2) is 0 Å². The molecule has 0 bridgehead atoms. The molecule has 0 heterocycles. The van der Waals surface area contributed by atoms with Crippen LogP contribution in [0.1, 0.15) is 52.9 Å². The molecule has 1 fully saturated rings. The van der Waals surface area contributed by atoms with Crippen molar-refractivity contribution in [3.8, 4) is 0 Å². The lowest BCUT2D eigenvalue weighted by Gasteiger charge is -2.33. The van der Waals surface area contributed by atoms with Gasteiger partial charge in [0, 0.05) is 32.3 Å². The second kappa shape index (κ2) is 10.00. The molecular formula is C15H32N4O. The van der Waals surface area contributed by atoms with Crippen LogP contribution in [-0.2, 0) is 4.74 Å². The normalized spacial score (nSPS) is 16.9. The molecule has 1 aliphatic rings. The van der Waals surface area contributed by atoms with Crippen LogP contribution in [0.3, 0.4) is 0 Å². The Morgan fingerprint density at radius 1 is 1.40 bits per heavy atom. The van der Waals surface area contributed by atoms with E-state index in [1.165, 1.54) is 25.7 Å². The van der Waals surface area contributed by atoms with Gasteiger partial charge >= 0.3 is 0 Å². The van der Waals surface area contributed by atoms with Crippen molar-refractivity contribution in [2.45, 2.75) is 58.9 Å². The standard InChI is InChI=1S/C15H32N4O/c1-4-20-11-7-10-17-15(18-16)19(12-13(2)3)14-8-5-6-9-14/h13-14H,4-12,16H2,1-3H3,(H,17,18). The Morgan fingerprint density at radius 2 is 2.10 bits per heavy atom. The molecule has 0 aromatic heterocycles. The third-order valence-corrected chi connectivity index (χ3v) is 3.64. The van der Waals surface area contributed by atoms with E-state index in [2.05, 4.69) is 29.2 Å². The van der Waals surface area contributed by atoms with Gasteiger partial charge in [-0.25, -0.2) is 5.84 Å². The molecule has 0 radical (unpaired) electrons. The van der Waals surface area contributed by atoms with Crippen molar-refractivity contribution in [3.63, 3.8) is 0 Å². The zero-order valence-electron chi connectivity index (χ0n) is 13.4. The minimum Gasteiger partial charge on any atom is -0.382 e. The summed E-state index contributed by atoms with van der Waals surface area (Å²) in [7, 11) is 0. The number of hydrogen-bond donors (Lipinski definition) is 2. The van der Waals surface area contributed by atoms with E-state index in [-0.39, 0.29) is 0 Å². The molecule has 1 rings (SSSR count). The molecule has 20 heavy (non-hydrogen) atoms. The SMILES string of the molecule is CCOCCCN=C(NN)N(CC(C)C)C1CCCC1.